The molecule has 2 aromatic carbocycles. The molecule has 0 aromatic heterocycles. The fourth-order valence-corrected chi connectivity index (χ4v) is 1.97. The summed E-state index contributed by atoms with van der Waals surface area (Å²) in [5.74, 6) is -1.57. The lowest BCUT2D eigenvalue weighted by Crippen LogP contribution is -2.00. The number of hydrogen-bond acceptors (Lipinski definition) is 1. The second kappa shape index (κ2) is 5.88. The molecule has 2 nitrogen and oxygen atoms in total. The Morgan fingerprint density at radius 1 is 1.25 bits per heavy atom. The Morgan fingerprint density at radius 3 is 2.55 bits per heavy atom. The van der Waals surface area contributed by atoms with Crippen LogP contribution in [0.1, 0.15) is 16.7 Å². The van der Waals surface area contributed by atoms with Gasteiger partial charge < -0.3 is 5.11 Å². The lowest BCUT2D eigenvalue weighted by molar-refractivity contribution is -0.130. The number of halogens is 2. The molecule has 0 saturated heterocycles. The summed E-state index contributed by atoms with van der Waals surface area (Å²) in [7, 11) is 0. The Labute approximate surface area is 121 Å². The fraction of sp³-hybridized carbons (Fsp3) is 0.0625. The quantitative estimate of drug-likeness (QED) is 0.671. The maximum atomic E-state index is 13.6. The second-order valence-electron chi connectivity index (χ2n) is 4.35. The highest BCUT2D eigenvalue weighted by atomic mass is 35.5. The van der Waals surface area contributed by atoms with Gasteiger partial charge in [0.1, 0.15) is 5.82 Å². The summed E-state index contributed by atoms with van der Waals surface area (Å²) in [6.45, 7) is 1.62. The number of aliphatic carboxylic acids is 1. The zero-order valence-electron chi connectivity index (χ0n) is 10.7. The Morgan fingerprint density at radius 2 is 1.95 bits per heavy atom. The lowest BCUT2D eigenvalue weighted by Gasteiger charge is -2.06. The van der Waals surface area contributed by atoms with Crippen LogP contribution in [-0.2, 0) is 4.79 Å². The van der Waals surface area contributed by atoms with Crippen molar-refractivity contribution in [2.45, 2.75) is 6.92 Å². The van der Waals surface area contributed by atoms with Gasteiger partial charge in [0.25, 0.3) is 0 Å². The van der Waals surface area contributed by atoms with E-state index >= 15 is 0 Å². The molecule has 0 atom stereocenters. The van der Waals surface area contributed by atoms with Crippen molar-refractivity contribution in [3.05, 3.63) is 70.0 Å². The molecule has 102 valence electrons. The predicted molar refractivity (Wildman–Crippen MR) is 78.1 cm³/mol. The summed E-state index contributed by atoms with van der Waals surface area (Å²) in [5, 5.41) is 9.75. The molecule has 0 spiro atoms. The van der Waals surface area contributed by atoms with Crippen molar-refractivity contribution in [1.82, 2.24) is 0 Å². The van der Waals surface area contributed by atoms with E-state index in [1.54, 1.807) is 43.3 Å². The number of carbonyl (C=O) groups is 1. The Balaban J connectivity index is 2.54. The van der Waals surface area contributed by atoms with Crippen molar-refractivity contribution in [2.75, 3.05) is 0 Å². The van der Waals surface area contributed by atoms with E-state index in [0.29, 0.717) is 21.7 Å². The number of hydrogen-bond donors (Lipinski definition) is 1. The number of aryl methyl sites for hydroxylation is 1. The van der Waals surface area contributed by atoms with E-state index < -0.39 is 11.8 Å². The molecule has 2 rings (SSSR count). The molecule has 4 heteroatoms. The van der Waals surface area contributed by atoms with Crippen LogP contribution in [-0.4, -0.2) is 11.1 Å². The predicted octanol–water partition coefficient (Wildman–Crippen LogP) is 4.41. The van der Waals surface area contributed by atoms with Gasteiger partial charge in [0.2, 0.25) is 0 Å². The molecular formula is C16H12ClFO2. The smallest absolute Gasteiger partial charge is 0.336 e. The maximum absolute atomic E-state index is 13.6. The number of rotatable bonds is 3. The van der Waals surface area contributed by atoms with E-state index in [4.69, 9.17) is 11.6 Å². The van der Waals surface area contributed by atoms with Crippen LogP contribution < -0.4 is 0 Å². The highest BCUT2D eigenvalue weighted by molar-refractivity contribution is 6.33. The molecule has 20 heavy (non-hydrogen) atoms. The lowest BCUT2D eigenvalue weighted by atomic mass is 10.0. The van der Waals surface area contributed by atoms with E-state index in [-0.39, 0.29) is 5.57 Å². The van der Waals surface area contributed by atoms with Gasteiger partial charge in [-0.3, -0.25) is 0 Å². The van der Waals surface area contributed by atoms with Crippen LogP contribution in [0.2, 0.25) is 5.02 Å². The van der Waals surface area contributed by atoms with Crippen LogP contribution in [0, 0.1) is 12.7 Å². The minimum Gasteiger partial charge on any atom is -0.478 e. The summed E-state index contributed by atoms with van der Waals surface area (Å²) in [6, 6.07) is 11.2. The van der Waals surface area contributed by atoms with Gasteiger partial charge in [-0.25, -0.2) is 9.18 Å². The van der Waals surface area contributed by atoms with Crippen molar-refractivity contribution < 1.29 is 14.3 Å². The minimum atomic E-state index is -1.13. The molecule has 0 amide bonds. The molecule has 1 N–H and O–H groups in total. The summed E-state index contributed by atoms with van der Waals surface area (Å²) in [6.07, 6.45) is 1.44. The van der Waals surface area contributed by atoms with Crippen LogP contribution in [0.15, 0.2) is 42.5 Å². The first-order valence-electron chi connectivity index (χ1n) is 5.95. The third-order valence-corrected chi connectivity index (χ3v) is 3.26. The first kappa shape index (κ1) is 14.3. The van der Waals surface area contributed by atoms with Crippen LogP contribution in [0.5, 0.6) is 0 Å². The van der Waals surface area contributed by atoms with Crippen LogP contribution in [0.4, 0.5) is 4.39 Å². The first-order valence-corrected chi connectivity index (χ1v) is 6.33. The van der Waals surface area contributed by atoms with E-state index in [0.717, 1.165) is 0 Å². The normalized spacial score (nSPS) is 11.4. The largest absolute Gasteiger partial charge is 0.478 e. The van der Waals surface area contributed by atoms with Gasteiger partial charge >= 0.3 is 5.97 Å². The van der Waals surface area contributed by atoms with Crippen LogP contribution in [0.3, 0.4) is 0 Å². The average molecular weight is 291 g/mol. The molecule has 2 aromatic rings. The molecule has 0 saturated carbocycles. The van der Waals surface area contributed by atoms with E-state index in [1.165, 1.54) is 12.1 Å². The first-order chi connectivity index (χ1) is 9.49. The molecular weight excluding hydrogens is 279 g/mol. The Kier molecular flexibility index (Phi) is 4.20. The second-order valence-corrected chi connectivity index (χ2v) is 4.76. The molecule has 0 aliphatic carbocycles. The van der Waals surface area contributed by atoms with Crippen molar-refractivity contribution >= 4 is 29.2 Å². The van der Waals surface area contributed by atoms with Crippen molar-refractivity contribution in [2.24, 2.45) is 0 Å². The number of carboxylic acid groups (broad SMARTS) is 1. The van der Waals surface area contributed by atoms with E-state index in [9.17, 15) is 14.3 Å². The third-order valence-electron chi connectivity index (χ3n) is 2.92. The van der Waals surface area contributed by atoms with E-state index in [2.05, 4.69) is 0 Å². The van der Waals surface area contributed by atoms with Gasteiger partial charge in [0.05, 0.1) is 5.57 Å². The molecule has 0 radical (unpaired) electrons. The van der Waals surface area contributed by atoms with Crippen molar-refractivity contribution in [3.63, 3.8) is 0 Å². The summed E-state index contributed by atoms with van der Waals surface area (Å²) >= 11 is 6.01. The zero-order valence-corrected chi connectivity index (χ0v) is 11.5. The van der Waals surface area contributed by atoms with Crippen molar-refractivity contribution in [1.29, 1.82) is 0 Å². The average Bonchev–Trinajstić information content (AvgIpc) is 2.41. The van der Waals surface area contributed by atoms with Gasteiger partial charge in [-0.1, -0.05) is 41.9 Å². The molecule has 0 aliphatic heterocycles. The van der Waals surface area contributed by atoms with Gasteiger partial charge in [-0.05, 0) is 41.8 Å². The molecule has 0 aliphatic rings. The van der Waals surface area contributed by atoms with Gasteiger partial charge in [-0.2, -0.15) is 0 Å². The Bertz CT molecular complexity index is 693. The summed E-state index contributed by atoms with van der Waals surface area (Å²) in [5.41, 5.74) is 1.35. The minimum absolute atomic E-state index is 0.00278. The van der Waals surface area contributed by atoms with Gasteiger partial charge in [0, 0.05) is 5.02 Å². The number of carboxylic acids is 1. The summed E-state index contributed by atoms with van der Waals surface area (Å²) < 4.78 is 13.6. The molecule has 0 heterocycles. The zero-order chi connectivity index (χ0) is 14.7. The molecule has 0 bridgehead atoms. The maximum Gasteiger partial charge on any atom is 0.336 e. The highest BCUT2D eigenvalue weighted by Gasteiger charge is 2.13. The topological polar surface area (TPSA) is 37.3 Å². The standard InChI is InChI=1S/C16H12ClFO2/c1-10-6-7-11(9-15(10)18)13(16(19)20)8-12-4-2-3-5-14(12)17/h2-9H,1H3,(H,19,20)/b13-8-. The van der Waals surface area contributed by atoms with E-state index in [1.807, 2.05) is 0 Å². The fourth-order valence-electron chi connectivity index (χ4n) is 1.78. The van der Waals surface area contributed by atoms with Crippen LogP contribution in [0.25, 0.3) is 11.6 Å². The molecule has 0 unspecified atom stereocenters. The molecule has 0 fully saturated rings. The number of benzene rings is 2. The van der Waals surface area contributed by atoms with Gasteiger partial charge in [-0.15, -0.1) is 0 Å². The van der Waals surface area contributed by atoms with Crippen LogP contribution >= 0.6 is 11.6 Å². The summed E-state index contributed by atoms with van der Waals surface area (Å²) in [4.78, 5) is 11.4. The van der Waals surface area contributed by atoms with Crippen molar-refractivity contribution in [3.8, 4) is 0 Å². The third kappa shape index (κ3) is 3.06. The highest BCUT2D eigenvalue weighted by Crippen LogP contribution is 2.24. The monoisotopic (exact) mass is 290 g/mol. The van der Waals surface area contributed by atoms with Gasteiger partial charge in [0.15, 0.2) is 0 Å². The SMILES string of the molecule is Cc1ccc(/C(=C/c2ccccc2Cl)C(=O)O)cc1F. The Hall–Kier alpha value is -2.13.